The molecule has 152 valence electrons. The standard InChI is InChI=1S/C19H19F3N6O/c1-10-16-12(9-13(11-3-4-11)24-17(16)26(2)25-10)18(29)27-8-6-14(19(20,21)22)28-15(27)5-7-23-28/h5,7,9,11,14H,3-4,6,8H2,1-2H3/t14-/m1/s1. The Morgan fingerprint density at radius 3 is 2.69 bits per heavy atom. The third-order valence-electron chi connectivity index (χ3n) is 5.68. The minimum atomic E-state index is -4.42. The van der Waals surface area contributed by atoms with E-state index in [0.29, 0.717) is 28.2 Å². The molecule has 4 heterocycles. The number of aryl methyl sites for hydroxylation is 2. The maximum absolute atomic E-state index is 13.5. The van der Waals surface area contributed by atoms with Crippen LogP contribution in [0.2, 0.25) is 0 Å². The van der Waals surface area contributed by atoms with Gasteiger partial charge in [-0.25, -0.2) is 9.67 Å². The Bertz CT molecular complexity index is 1130. The van der Waals surface area contributed by atoms with Gasteiger partial charge in [-0.2, -0.15) is 23.4 Å². The molecule has 7 nitrogen and oxygen atoms in total. The van der Waals surface area contributed by atoms with Crippen molar-refractivity contribution in [2.24, 2.45) is 7.05 Å². The number of nitrogens with zero attached hydrogens (tertiary/aromatic N) is 6. The van der Waals surface area contributed by atoms with Gasteiger partial charge in [-0.05, 0) is 32.3 Å². The number of anilines is 1. The molecule has 0 unspecified atom stereocenters. The van der Waals surface area contributed by atoms with E-state index in [1.807, 2.05) is 0 Å². The Labute approximate surface area is 164 Å². The van der Waals surface area contributed by atoms with Gasteiger partial charge in [0.1, 0.15) is 5.82 Å². The minimum Gasteiger partial charge on any atom is -0.293 e. The van der Waals surface area contributed by atoms with E-state index in [9.17, 15) is 18.0 Å². The second kappa shape index (κ2) is 6.04. The third kappa shape index (κ3) is 2.80. The zero-order chi connectivity index (χ0) is 20.5. The Morgan fingerprint density at radius 1 is 1.24 bits per heavy atom. The number of aromatic nitrogens is 5. The zero-order valence-corrected chi connectivity index (χ0v) is 15.9. The molecule has 0 aromatic carbocycles. The molecule has 1 aliphatic heterocycles. The van der Waals surface area contributed by atoms with Crippen LogP contribution in [0.25, 0.3) is 11.0 Å². The number of alkyl halides is 3. The van der Waals surface area contributed by atoms with E-state index in [1.165, 1.54) is 17.2 Å². The number of hydrogen-bond donors (Lipinski definition) is 0. The topological polar surface area (TPSA) is 68.8 Å². The van der Waals surface area contributed by atoms with E-state index in [0.717, 1.165) is 23.2 Å². The number of pyridine rings is 1. The van der Waals surface area contributed by atoms with Crippen LogP contribution < -0.4 is 4.90 Å². The molecule has 10 heteroatoms. The van der Waals surface area contributed by atoms with Gasteiger partial charge in [0.25, 0.3) is 5.91 Å². The first kappa shape index (κ1) is 18.1. The van der Waals surface area contributed by atoms with Crippen molar-refractivity contribution in [3.05, 3.63) is 35.3 Å². The SMILES string of the molecule is Cc1nn(C)c2nc(C3CC3)cc(C(=O)N3CC[C@H](C(F)(F)F)n4nccc43)c12. The van der Waals surface area contributed by atoms with Crippen LogP contribution in [0.3, 0.4) is 0 Å². The lowest BCUT2D eigenvalue weighted by Crippen LogP contribution is -2.43. The Kier molecular flexibility index (Phi) is 3.78. The van der Waals surface area contributed by atoms with E-state index >= 15 is 0 Å². The van der Waals surface area contributed by atoms with Crippen LogP contribution >= 0.6 is 0 Å². The maximum atomic E-state index is 13.5. The van der Waals surface area contributed by atoms with E-state index in [1.54, 1.807) is 24.7 Å². The van der Waals surface area contributed by atoms with Gasteiger partial charge in [-0.15, -0.1) is 0 Å². The molecule has 5 rings (SSSR count). The Morgan fingerprint density at radius 2 is 2.00 bits per heavy atom. The number of carbonyl (C=O) groups is 1. The average Bonchev–Trinajstić information content (AvgIpc) is 3.33. The highest BCUT2D eigenvalue weighted by Crippen LogP contribution is 2.42. The molecule has 3 aromatic heterocycles. The summed E-state index contributed by atoms with van der Waals surface area (Å²) in [7, 11) is 1.77. The number of amides is 1. The van der Waals surface area contributed by atoms with E-state index in [4.69, 9.17) is 0 Å². The number of carbonyl (C=O) groups excluding carboxylic acids is 1. The van der Waals surface area contributed by atoms with Crippen LogP contribution in [-0.2, 0) is 7.05 Å². The molecule has 1 atom stereocenters. The summed E-state index contributed by atoms with van der Waals surface area (Å²) in [4.78, 5) is 19.6. The predicted octanol–water partition coefficient (Wildman–Crippen LogP) is 3.50. The molecule has 1 amide bonds. The van der Waals surface area contributed by atoms with Crippen molar-refractivity contribution in [3.63, 3.8) is 0 Å². The second-order valence-corrected chi connectivity index (χ2v) is 7.71. The summed E-state index contributed by atoms with van der Waals surface area (Å²) >= 11 is 0. The lowest BCUT2D eigenvalue weighted by molar-refractivity contribution is -0.172. The Balaban J connectivity index is 1.62. The highest BCUT2D eigenvalue weighted by atomic mass is 19.4. The Hall–Kier alpha value is -2.91. The van der Waals surface area contributed by atoms with Gasteiger partial charge >= 0.3 is 6.18 Å². The van der Waals surface area contributed by atoms with Crippen molar-refractivity contribution >= 4 is 22.8 Å². The maximum Gasteiger partial charge on any atom is 0.410 e. The summed E-state index contributed by atoms with van der Waals surface area (Å²) in [5.41, 5.74) is 2.55. The summed E-state index contributed by atoms with van der Waals surface area (Å²) in [6.45, 7) is 1.77. The summed E-state index contributed by atoms with van der Waals surface area (Å²) in [5, 5.41) is 8.88. The molecule has 3 aromatic rings. The number of rotatable bonds is 2. The largest absolute Gasteiger partial charge is 0.410 e. The summed E-state index contributed by atoms with van der Waals surface area (Å²) in [5.74, 6) is 0.128. The third-order valence-corrected chi connectivity index (χ3v) is 5.68. The minimum absolute atomic E-state index is 0.0312. The van der Waals surface area contributed by atoms with Gasteiger partial charge in [0.2, 0.25) is 0 Å². The molecule has 0 bridgehead atoms. The summed E-state index contributed by atoms with van der Waals surface area (Å²) in [6.07, 6.45) is -1.31. The van der Waals surface area contributed by atoms with Crippen molar-refractivity contribution in [3.8, 4) is 0 Å². The molecule has 0 spiro atoms. The summed E-state index contributed by atoms with van der Waals surface area (Å²) < 4.78 is 42.7. The van der Waals surface area contributed by atoms with Gasteiger partial charge in [0, 0.05) is 31.3 Å². The van der Waals surface area contributed by atoms with Crippen LogP contribution in [0, 0.1) is 6.92 Å². The van der Waals surface area contributed by atoms with Gasteiger partial charge in [0.15, 0.2) is 11.7 Å². The molecule has 0 saturated heterocycles. The monoisotopic (exact) mass is 404 g/mol. The summed E-state index contributed by atoms with van der Waals surface area (Å²) in [6, 6.07) is 1.51. The first-order valence-electron chi connectivity index (χ1n) is 9.52. The fourth-order valence-corrected chi connectivity index (χ4v) is 4.12. The second-order valence-electron chi connectivity index (χ2n) is 7.71. The molecule has 0 radical (unpaired) electrons. The molecule has 1 saturated carbocycles. The van der Waals surface area contributed by atoms with Crippen LogP contribution in [0.5, 0.6) is 0 Å². The molecule has 1 aliphatic carbocycles. The zero-order valence-electron chi connectivity index (χ0n) is 15.9. The molecule has 29 heavy (non-hydrogen) atoms. The highest BCUT2D eigenvalue weighted by molar-refractivity contribution is 6.13. The number of halogens is 3. The molecule has 2 aliphatic rings. The highest BCUT2D eigenvalue weighted by Gasteiger charge is 2.46. The average molecular weight is 404 g/mol. The molecular weight excluding hydrogens is 385 g/mol. The first-order valence-corrected chi connectivity index (χ1v) is 9.52. The van der Waals surface area contributed by atoms with Crippen molar-refractivity contribution in [1.82, 2.24) is 24.5 Å². The van der Waals surface area contributed by atoms with Crippen molar-refractivity contribution in [2.45, 2.75) is 44.3 Å². The van der Waals surface area contributed by atoms with Crippen LogP contribution in [-0.4, -0.2) is 43.2 Å². The molecule has 0 N–H and O–H groups in total. The lowest BCUT2D eigenvalue weighted by Gasteiger charge is -2.34. The predicted molar refractivity (Wildman–Crippen MR) is 98.8 cm³/mol. The normalized spacial score (nSPS) is 19.6. The van der Waals surface area contributed by atoms with Crippen LogP contribution in [0.15, 0.2) is 18.3 Å². The van der Waals surface area contributed by atoms with Crippen molar-refractivity contribution < 1.29 is 18.0 Å². The fraction of sp³-hybridized carbons (Fsp3) is 0.474. The quantitative estimate of drug-likeness (QED) is 0.656. The van der Waals surface area contributed by atoms with Gasteiger partial charge < -0.3 is 0 Å². The van der Waals surface area contributed by atoms with Crippen molar-refractivity contribution in [1.29, 1.82) is 0 Å². The molecule has 1 fully saturated rings. The molecular formula is C19H19F3N6O. The fourth-order valence-electron chi connectivity index (χ4n) is 4.12. The van der Waals surface area contributed by atoms with Gasteiger partial charge in [-0.3, -0.25) is 14.4 Å². The lowest BCUT2D eigenvalue weighted by atomic mass is 10.0. The number of hydrogen-bond acceptors (Lipinski definition) is 4. The van der Waals surface area contributed by atoms with Crippen molar-refractivity contribution in [2.75, 3.05) is 11.4 Å². The smallest absolute Gasteiger partial charge is 0.293 e. The van der Waals surface area contributed by atoms with E-state index in [-0.39, 0.29) is 24.7 Å². The van der Waals surface area contributed by atoms with Gasteiger partial charge in [-0.1, -0.05) is 0 Å². The van der Waals surface area contributed by atoms with Crippen LogP contribution in [0.4, 0.5) is 19.0 Å². The van der Waals surface area contributed by atoms with Gasteiger partial charge in [0.05, 0.1) is 22.8 Å². The number of fused-ring (bicyclic) bond motifs is 2. The first-order chi connectivity index (χ1) is 13.8. The van der Waals surface area contributed by atoms with E-state index < -0.39 is 12.2 Å². The van der Waals surface area contributed by atoms with E-state index in [2.05, 4.69) is 15.2 Å². The van der Waals surface area contributed by atoms with Crippen LogP contribution in [0.1, 0.15) is 53.0 Å².